The summed E-state index contributed by atoms with van der Waals surface area (Å²) < 4.78 is 5.26. The predicted octanol–water partition coefficient (Wildman–Crippen LogP) is -0.360. The van der Waals surface area contributed by atoms with Crippen LogP contribution < -0.4 is 0 Å². The van der Waals surface area contributed by atoms with Gasteiger partial charge in [0.05, 0.1) is 0 Å². The number of hydrogen-bond donors (Lipinski definition) is 1. The van der Waals surface area contributed by atoms with Gasteiger partial charge in [-0.05, 0) is 20.8 Å². The normalized spacial score (nSPS) is 14.9. The van der Waals surface area contributed by atoms with Crippen molar-refractivity contribution in [3.63, 3.8) is 0 Å². The summed E-state index contributed by atoms with van der Waals surface area (Å²) in [6.07, 6.45) is 0. The fourth-order valence-corrected chi connectivity index (χ4v) is 1.88. The summed E-state index contributed by atoms with van der Waals surface area (Å²) in [6.45, 7) is 6.65. The van der Waals surface area contributed by atoms with Gasteiger partial charge in [-0.2, -0.15) is 0 Å². The number of carbonyl (C=O) groups is 1. The Morgan fingerprint density at radius 2 is 2.08 bits per heavy atom. The van der Waals surface area contributed by atoms with Crippen LogP contribution >= 0.6 is 0 Å². The van der Waals surface area contributed by atoms with Gasteiger partial charge in [-0.25, -0.2) is 0 Å². The summed E-state index contributed by atoms with van der Waals surface area (Å²) in [4.78, 5) is 12.6. The van der Waals surface area contributed by atoms with Crippen molar-refractivity contribution in [3.8, 4) is 0 Å². The SMILES string of the molecule is CC(=O)N(C)C(C)[SiH2]OC(C)(C)O. The van der Waals surface area contributed by atoms with E-state index in [9.17, 15) is 9.90 Å². The first-order valence-electron chi connectivity index (χ1n) is 4.34. The summed E-state index contributed by atoms with van der Waals surface area (Å²) in [5.41, 5.74) is 0.115. The minimum absolute atomic E-state index is 0.0272. The lowest BCUT2D eigenvalue weighted by Gasteiger charge is -2.26. The van der Waals surface area contributed by atoms with Crippen molar-refractivity contribution in [1.29, 1.82) is 0 Å². The lowest BCUT2D eigenvalue weighted by molar-refractivity contribution is -0.129. The second kappa shape index (κ2) is 4.73. The molecule has 0 saturated carbocycles. The van der Waals surface area contributed by atoms with Crippen molar-refractivity contribution in [3.05, 3.63) is 0 Å². The molecule has 0 spiro atoms. The van der Waals surface area contributed by atoms with Gasteiger partial charge in [0.15, 0.2) is 9.76 Å². The first kappa shape index (κ1) is 12.6. The standard InChI is InChI=1S/C8H19NO3Si/c1-6(10)9(5)7(2)13-12-8(3,4)11/h7,11H,13H2,1-5H3. The predicted molar refractivity (Wildman–Crippen MR) is 53.8 cm³/mol. The molecule has 1 N–H and O–H groups in total. The highest BCUT2D eigenvalue weighted by Crippen LogP contribution is 2.04. The van der Waals surface area contributed by atoms with Crippen LogP contribution in [0.4, 0.5) is 0 Å². The summed E-state index contributed by atoms with van der Waals surface area (Å²) in [5, 5.41) is 9.30. The van der Waals surface area contributed by atoms with Crippen molar-refractivity contribution in [2.75, 3.05) is 7.05 Å². The third kappa shape index (κ3) is 5.79. The third-order valence-corrected chi connectivity index (χ3v) is 3.74. The van der Waals surface area contributed by atoms with Crippen LogP contribution in [-0.2, 0) is 9.22 Å². The van der Waals surface area contributed by atoms with E-state index in [1.54, 1.807) is 25.8 Å². The molecule has 0 fully saturated rings. The minimum atomic E-state index is -1.07. The number of carbonyl (C=O) groups excluding carboxylic acids is 1. The second-order valence-corrected chi connectivity index (χ2v) is 5.54. The van der Waals surface area contributed by atoms with Gasteiger partial charge in [0, 0.05) is 19.6 Å². The smallest absolute Gasteiger partial charge is 0.219 e. The molecular weight excluding hydrogens is 186 g/mol. The molecule has 4 nitrogen and oxygen atoms in total. The van der Waals surface area contributed by atoms with Crippen LogP contribution in [0.3, 0.4) is 0 Å². The second-order valence-electron chi connectivity index (χ2n) is 3.74. The van der Waals surface area contributed by atoms with Gasteiger partial charge in [-0.1, -0.05) is 0 Å². The van der Waals surface area contributed by atoms with Crippen LogP contribution in [-0.4, -0.2) is 44.2 Å². The highest BCUT2D eigenvalue weighted by atomic mass is 28.2. The molecule has 0 aliphatic heterocycles. The van der Waals surface area contributed by atoms with Crippen LogP contribution in [0, 0.1) is 0 Å². The van der Waals surface area contributed by atoms with E-state index < -0.39 is 15.6 Å². The summed E-state index contributed by atoms with van der Waals surface area (Å²) in [6, 6.07) is 0. The van der Waals surface area contributed by atoms with Gasteiger partial charge in [0.2, 0.25) is 5.91 Å². The topological polar surface area (TPSA) is 49.8 Å². The van der Waals surface area contributed by atoms with Crippen molar-refractivity contribution in [2.24, 2.45) is 0 Å². The van der Waals surface area contributed by atoms with Crippen molar-refractivity contribution < 1.29 is 14.3 Å². The quantitative estimate of drug-likeness (QED) is 0.504. The Bertz CT molecular complexity index is 179. The first-order valence-corrected chi connectivity index (χ1v) is 5.73. The van der Waals surface area contributed by atoms with Crippen LogP contribution in [0.5, 0.6) is 0 Å². The van der Waals surface area contributed by atoms with E-state index in [4.69, 9.17) is 4.43 Å². The van der Waals surface area contributed by atoms with Crippen LogP contribution in [0.1, 0.15) is 27.7 Å². The zero-order valence-corrected chi connectivity index (χ0v) is 10.4. The average molecular weight is 205 g/mol. The first-order chi connectivity index (χ1) is 5.74. The third-order valence-electron chi connectivity index (χ3n) is 1.84. The molecule has 0 aliphatic carbocycles. The monoisotopic (exact) mass is 205 g/mol. The van der Waals surface area contributed by atoms with E-state index in [1.165, 1.54) is 6.92 Å². The summed E-state index contributed by atoms with van der Waals surface area (Å²) in [5.74, 6) is -1.04. The Balaban J connectivity index is 3.88. The summed E-state index contributed by atoms with van der Waals surface area (Å²) >= 11 is 0. The Hall–Kier alpha value is -0.393. The molecule has 78 valence electrons. The number of rotatable bonds is 4. The van der Waals surface area contributed by atoms with E-state index in [-0.39, 0.29) is 11.6 Å². The Kier molecular flexibility index (Phi) is 4.59. The molecule has 1 atom stereocenters. The fraction of sp³-hybridized carbons (Fsp3) is 0.875. The van der Waals surface area contributed by atoms with Crippen LogP contribution in [0.2, 0.25) is 0 Å². The highest BCUT2D eigenvalue weighted by Gasteiger charge is 2.18. The molecule has 0 rings (SSSR count). The number of hydrogen-bond acceptors (Lipinski definition) is 3. The lowest BCUT2D eigenvalue weighted by atomic mass is 10.4. The van der Waals surface area contributed by atoms with Gasteiger partial charge >= 0.3 is 0 Å². The molecule has 0 aromatic heterocycles. The Morgan fingerprint density at radius 1 is 1.62 bits per heavy atom. The van der Waals surface area contributed by atoms with E-state index in [0.29, 0.717) is 0 Å². The number of amides is 1. The molecule has 1 amide bonds. The minimum Gasteiger partial charge on any atom is -0.396 e. The fourth-order valence-electron chi connectivity index (χ4n) is 0.747. The van der Waals surface area contributed by atoms with Gasteiger partial charge in [0.1, 0.15) is 5.79 Å². The maximum atomic E-state index is 10.9. The molecule has 0 heterocycles. The molecule has 0 aliphatic rings. The van der Waals surface area contributed by atoms with Gasteiger partial charge in [-0.15, -0.1) is 0 Å². The largest absolute Gasteiger partial charge is 0.396 e. The van der Waals surface area contributed by atoms with E-state index in [0.717, 1.165) is 0 Å². The molecule has 0 radical (unpaired) electrons. The highest BCUT2D eigenvalue weighted by molar-refractivity contribution is 6.30. The molecule has 0 aromatic carbocycles. The van der Waals surface area contributed by atoms with Gasteiger partial charge in [-0.3, -0.25) is 4.79 Å². The molecule has 0 aromatic rings. The van der Waals surface area contributed by atoms with Crippen LogP contribution in [0.25, 0.3) is 0 Å². The van der Waals surface area contributed by atoms with Crippen molar-refractivity contribution >= 4 is 15.7 Å². The maximum Gasteiger partial charge on any atom is 0.219 e. The molecule has 1 unspecified atom stereocenters. The molecule has 13 heavy (non-hydrogen) atoms. The van der Waals surface area contributed by atoms with Crippen molar-refractivity contribution in [1.82, 2.24) is 4.90 Å². The zero-order valence-electron chi connectivity index (χ0n) is 9.00. The molecule has 5 heteroatoms. The van der Waals surface area contributed by atoms with E-state index in [2.05, 4.69) is 0 Å². The zero-order chi connectivity index (χ0) is 10.6. The van der Waals surface area contributed by atoms with Gasteiger partial charge in [0.25, 0.3) is 0 Å². The average Bonchev–Trinajstić information content (AvgIpc) is 1.97. The van der Waals surface area contributed by atoms with Crippen molar-refractivity contribution in [2.45, 2.75) is 39.1 Å². The number of nitrogens with zero attached hydrogens (tertiary/aromatic N) is 1. The number of aliphatic hydroxyl groups is 1. The maximum absolute atomic E-state index is 10.9. The molecular formula is C8H19NO3Si. The van der Waals surface area contributed by atoms with E-state index in [1.807, 2.05) is 6.92 Å². The summed E-state index contributed by atoms with van der Waals surface area (Å²) in [7, 11) is 0.840. The molecule has 0 bridgehead atoms. The van der Waals surface area contributed by atoms with E-state index >= 15 is 0 Å². The Morgan fingerprint density at radius 3 is 2.38 bits per heavy atom. The van der Waals surface area contributed by atoms with Crippen LogP contribution in [0.15, 0.2) is 0 Å². The molecule has 0 saturated heterocycles. The van der Waals surface area contributed by atoms with Gasteiger partial charge < -0.3 is 14.4 Å². The Labute approximate surface area is 81.8 Å². The lowest BCUT2D eigenvalue weighted by Crippen LogP contribution is -2.41.